The van der Waals surface area contributed by atoms with Gasteiger partial charge >= 0.3 is 5.97 Å². The van der Waals surface area contributed by atoms with Crippen molar-refractivity contribution in [3.05, 3.63) is 29.8 Å². The molecule has 14 nitrogen and oxygen atoms in total. The fourth-order valence-electron chi connectivity index (χ4n) is 4.14. The Kier molecular flexibility index (Phi) is 11.3. The number of hydrogen-bond donors (Lipinski definition) is 8. The van der Waals surface area contributed by atoms with Crippen molar-refractivity contribution >= 4 is 29.7 Å². The molecule has 14 heteroatoms. The zero-order valence-electron chi connectivity index (χ0n) is 21.2. The van der Waals surface area contributed by atoms with E-state index in [4.69, 9.17) is 17.2 Å². The lowest BCUT2D eigenvalue weighted by Gasteiger charge is -2.30. The summed E-state index contributed by atoms with van der Waals surface area (Å²) in [7, 11) is 0. The molecule has 5 atom stereocenters. The number of carboxylic acid groups (broad SMARTS) is 1. The van der Waals surface area contributed by atoms with E-state index < -0.39 is 54.0 Å². The largest absolute Gasteiger partial charge is 0.508 e. The molecular weight excluding hydrogens is 498 g/mol. The van der Waals surface area contributed by atoms with Crippen molar-refractivity contribution in [3.63, 3.8) is 0 Å². The predicted molar refractivity (Wildman–Crippen MR) is 138 cm³/mol. The summed E-state index contributed by atoms with van der Waals surface area (Å²) in [5.41, 5.74) is 17.2. The van der Waals surface area contributed by atoms with Crippen LogP contribution in [-0.4, -0.2) is 93.2 Å². The number of rotatable bonds is 13. The van der Waals surface area contributed by atoms with Crippen molar-refractivity contribution in [2.75, 3.05) is 13.1 Å². The number of nitrogens with zero attached hydrogens (tertiary/aromatic N) is 2. The van der Waals surface area contributed by atoms with Gasteiger partial charge in [0.25, 0.3) is 0 Å². The lowest BCUT2D eigenvalue weighted by atomic mass is 10.0. The van der Waals surface area contributed by atoms with Crippen LogP contribution in [0.15, 0.2) is 29.3 Å². The summed E-state index contributed by atoms with van der Waals surface area (Å²) in [6.45, 7) is 1.74. The minimum Gasteiger partial charge on any atom is -0.508 e. The summed E-state index contributed by atoms with van der Waals surface area (Å²) >= 11 is 0. The Morgan fingerprint density at radius 3 is 2.39 bits per heavy atom. The van der Waals surface area contributed by atoms with Gasteiger partial charge in [-0.3, -0.25) is 19.4 Å². The predicted octanol–water partition coefficient (Wildman–Crippen LogP) is -2.26. The van der Waals surface area contributed by atoms with Crippen LogP contribution in [0.4, 0.5) is 0 Å². The van der Waals surface area contributed by atoms with Gasteiger partial charge in [-0.05, 0) is 50.3 Å². The highest BCUT2D eigenvalue weighted by Crippen LogP contribution is 2.21. The fraction of sp³-hybridized carbons (Fsp3) is 0.542. The van der Waals surface area contributed by atoms with Crippen LogP contribution in [0.3, 0.4) is 0 Å². The molecule has 1 saturated heterocycles. The lowest BCUT2D eigenvalue weighted by Crippen LogP contribution is -2.58. The highest BCUT2D eigenvalue weighted by Gasteiger charge is 2.39. The number of aliphatic carboxylic acids is 1. The van der Waals surface area contributed by atoms with Gasteiger partial charge in [0.1, 0.15) is 17.8 Å². The van der Waals surface area contributed by atoms with Crippen LogP contribution in [0.25, 0.3) is 0 Å². The van der Waals surface area contributed by atoms with Crippen molar-refractivity contribution in [3.8, 4) is 5.75 Å². The number of nitrogens with one attached hydrogen (secondary N) is 2. The van der Waals surface area contributed by atoms with Crippen molar-refractivity contribution in [2.45, 2.75) is 69.3 Å². The van der Waals surface area contributed by atoms with Crippen LogP contribution in [-0.2, 0) is 25.6 Å². The first-order valence-corrected chi connectivity index (χ1v) is 12.3. The Balaban J connectivity index is 2.18. The van der Waals surface area contributed by atoms with Gasteiger partial charge in [-0.15, -0.1) is 0 Å². The third-order valence-electron chi connectivity index (χ3n) is 6.18. The third kappa shape index (κ3) is 8.88. The smallest absolute Gasteiger partial charge is 0.328 e. The highest BCUT2D eigenvalue weighted by atomic mass is 16.4. The van der Waals surface area contributed by atoms with Crippen molar-refractivity contribution < 1.29 is 34.5 Å². The summed E-state index contributed by atoms with van der Waals surface area (Å²) < 4.78 is 0. The number of nitrogens with two attached hydrogens (primary N) is 3. The molecular formula is C24H37N7O7. The van der Waals surface area contributed by atoms with Crippen molar-refractivity contribution in [1.29, 1.82) is 0 Å². The number of likely N-dealkylation sites (tertiary alicyclic amines) is 1. The van der Waals surface area contributed by atoms with E-state index >= 15 is 0 Å². The number of aromatic hydroxyl groups is 1. The molecule has 0 aromatic heterocycles. The molecule has 11 N–H and O–H groups in total. The van der Waals surface area contributed by atoms with E-state index in [1.807, 2.05) is 0 Å². The molecule has 0 bridgehead atoms. The highest BCUT2D eigenvalue weighted by molar-refractivity contribution is 5.94. The monoisotopic (exact) mass is 535 g/mol. The molecule has 0 aliphatic carbocycles. The molecule has 210 valence electrons. The fourth-order valence-corrected chi connectivity index (χ4v) is 4.14. The maximum Gasteiger partial charge on any atom is 0.328 e. The number of hydrogen-bond acceptors (Lipinski definition) is 8. The SMILES string of the molecule is CC(O)C(NC(=O)C1CCCN1C(=O)C(Cc1ccc(O)cc1)NC(=O)C(N)CCCN=C(N)N)C(=O)O. The molecule has 1 heterocycles. The van der Waals surface area contributed by atoms with E-state index in [1.165, 1.54) is 24.0 Å². The average Bonchev–Trinajstić information content (AvgIpc) is 3.35. The van der Waals surface area contributed by atoms with Crippen LogP contribution in [0.5, 0.6) is 5.75 Å². The maximum atomic E-state index is 13.6. The number of phenols is 1. The van der Waals surface area contributed by atoms with Gasteiger partial charge in [0.2, 0.25) is 17.7 Å². The molecule has 1 aromatic carbocycles. The lowest BCUT2D eigenvalue weighted by molar-refractivity contribution is -0.147. The Bertz CT molecular complexity index is 1010. The summed E-state index contributed by atoms with van der Waals surface area (Å²) in [5.74, 6) is -3.28. The molecule has 3 amide bonds. The number of carbonyl (C=O) groups excluding carboxylic acids is 3. The van der Waals surface area contributed by atoms with Gasteiger partial charge in [0.05, 0.1) is 12.1 Å². The molecule has 0 saturated carbocycles. The first kappa shape index (κ1) is 30.3. The van der Waals surface area contributed by atoms with Crippen LogP contribution >= 0.6 is 0 Å². The van der Waals surface area contributed by atoms with E-state index in [1.54, 1.807) is 12.1 Å². The topological polar surface area (TPSA) is 247 Å². The molecule has 0 spiro atoms. The normalized spacial score (nSPS) is 18.1. The molecule has 38 heavy (non-hydrogen) atoms. The van der Waals surface area contributed by atoms with Gasteiger partial charge in [0, 0.05) is 19.5 Å². The van der Waals surface area contributed by atoms with Gasteiger partial charge in [-0.2, -0.15) is 0 Å². The molecule has 2 rings (SSSR count). The van der Waals surface area contributed by atoms with E-state index in [2.05, 4.69) is 15.6 Å². The summed E-state index contributed by atoms with van der Waals surface area (Å²) in [4.78, 5) is 55.9. The Hall–Kier alpha value is -3.91. The van der Waals surface area contributed by atoms with Crippen molar-refractivity contribution in [1.82, 2.24) is 15.5 Å². The van der Waals surface area contributed by atoms with Gasteiger partial charge in [-0.25, -0.2) is 4.79 Å². The Morgan fingerprint density at radius 2 is 1.82 bits per heavy atom. The second-order valence-corrected chi connectivity index (χ2v) is 9.24. The first-order chi connectivity index (χ1) is 17.9. The van der Waals surface area contributed by atoms with E-state index in [0.717, 1.165) is 0 Å². The number of phenolic OH excluding ortho intramolecular Hbond substituents is 1. The number of amides is 3. The first-order valence-electron chi connectivity index (χ1n) is 12.3. The summed E-state index contributed by atoms with van der Waals surface area (Å²) in [6, 6.07) is 1.55. The number of aliphatic hydroxyl groups is 1. The average molecular weight is 536 g/mol. The number of carbonyl (C=O) groups is 4. The quantitative estimate of drug-likeness (QED) is 0.0765. The molecule has 1 aliphatic rings. The second-order valence-electron chi connectivity index (χ2n) is 9.24. The van der Waals surface area contributed by atoms with Gasteiger partial charge in [0.15, 0.2) is 12.0 Å². The van der Waals surface area contributed by atoms with E-state index in [-0.39, 0.29) is 44.1 Å². The van der Waals surface area contributed by atoms with Crippen LogP contribution in [0.1, 0.15) is 38.2 Å². The molecule has 1 aromatic rings. The van der Waals surface area contributed by atoms with E-state index in [0.29, 0.717) is 18.4 Å². The zero-order chi connectivity index (χ0) is 28.4. The number of benzene rings is 1. The number of aliphatic hydroxyl groups excluding tert-OH is 1. The third-order valence-corrected chi connectivity index (χ3v) is 6.18. The van der Waals surface area contributed by atoms with Crippen LogP contribution in [0, 0.1) is 0 Å². The molecule has 5 unspecified atom stereocenters. The number of aliphatic imine (C=N–C) groups is 1. The van der Waals surface area contributed by atoms with E-state index in [9.17, 15) is 34.5 Å². The van der Waals surface area contributed by atoms with Gasteiger partial charge in [-0.1, -0.05) is 12.1 Å². The van der Waals surface area contributed by atoms with Crippen LogP contribution < -0.4 is 27.8 Å². The number of carboxylic acids is 1. The molecule has 1 aliphatic heterocycles. The molecule has 1 fully saturated rings. The zero-order valence-corrected chi connectivity index (χ0v) is 21.2. The second kappa shape index (κ2) is 14.1. The van der Waals surface area contributed by atoms with Gasteiger partial charge < -0.3 is 48.1 Å². The summed E-state index contributed by atoms with van der Waals surface area (Å²) in [5, 5.41) is 33.5. The minimum atomic E-state index is -1.54. The molecule has 0 radical (unpaired) electrons. The standard InChI is InChI=1S/C24H37N7O7/c1-13(32)19(23(37)38)30-21(35)18-5-3-11-31(18)22(36)17(12-14-6-8-15(33)9-7-14)29-20(34)16(25)4-2-10-28-24(26)27/h6-9,13,16-19,32-33H,2-5,10-12,25H2,1H3,(H,29,34)(H,30,35)(H,37,38)(H4,26,27,28). The minimum absolute atomic E-state index is 0.0332. The van der Waals surface area contributed by atoms with Crippen LogP contribution in [0.2, 0.25) is 0 Å². The number of guanidine groups is 1. The Labute approximate surface area is 220 Å². The maximum absolute atomic E-state index is 13.6. The van der Waals surface area contributed by atoms with Crippen molar-refractivity contribution in [2.24, 2.45) is 22.2 Å². The Morgan fingerprint density at radius 1 is 1.16 bits per heavy atom. The summed E-state index contributed by atoms with van der Waals surface area (Å²) in [6.07, 6.45) is 0.173.